The second kappa shape index (κ2) is 15.7. The van der Waals surface area contributed by atoms with Crippen LogP contribution in [0.1, 0.15) is 33.5 Å². The van der Waals surface area contributed by atoms with E-state index >= 15 is 0 Å². The molecule has 8 heteroatoms. The van der Waals surface area contributed by atoms with Crippen molar-refractivity contribution in [2.24, 2.45) is 0 Å². The van der Waals surface area contributed by atoms with Crippen molar-refractivity contribution in [1.82, 2.24) is 5.32 Å². The maximum Gasteiger partial charge on any atom is 1.00 e. The topological polar surface area (TPSA) is 72.5 Å². The van der Waals surface area contributed by atoms with Gasteiger partial charge in [0.2, 0.25) is 0 Å². The summed E-state index contributed by atoms with van der Waals surface area (Å²) in [5.41, 5.74) is 6.14. The second-order valence-electron chi connectivity index (χ2n) is 9.61. The van der Waals surface area contributed by atoms with E-state index in [1.54, 1.807) is 6.07 Å². The van der Waals surface area contributed by atoms with Crippen molar-refractivity contribution < 1.29 is 33.6 Å². The zero-order valence-corrected chi connectivity index (χ0v) is 25.2. The molecule has 0 aliphatic heterocycles. The van der Waals surface area contributed by atoms with Crippen molar-refractivity contribution in [3.05, 3.63) is 124 Å². The Morgan fingerprint density at radius 3 is 2.22 bits per heavy atom. The number of carboxylic acids is 1. The summed E-state index contributed by atoms with van der Waals surface area (Å²) in [4.78, 5) is 27.4. The van der Waals surface area contributed by atoms with E-state index < -0.39 is 17.9 Å². The van der Waals surface area contributed by atoms with Crippen LogP contribution in [-0.2, 0) is 17.9 Å². The Morgan fingerprint density at radius 2 is 1.54 bits per heavy atom. The number of hydrogen-bond acceptors (Lipinski definition) is 5. The summed E-state index contributed by atoms with van der Waals surface area (Å²) in [5.74, 6) is -1.12. The Morgan fingerprint density at radius 1 is 0.878 bits per heavy atom. The predicted molar refractivity (Wildman–Crippen MR) is 164 cm³/mol. The molecule has 4 aromatic carbocycles. The number of aryl methyl sites for hydroxylation is 1. The number of carbonyl (C=O) groups excluding carboxylic acids is 2. The number of benzene rings is 4. The van der Waals surface area contributed by atoms with Crippen LogP contribution in [0.25, 0.3) is 11.1 Å². The van der Waals surface area contributed by atoms with Crippen LogP contribution in [-0.4, -0.2) is 29.9 Å². The van der Waals surface area contributed by atoms with Crippen LogP contribution in [0, 0.1) is 6.92 Å². The molecular formula is C33H32ClLiN2O3S. The Labute approximate surface area is 263 Å². The standard InChI is InChI=1S/C33H33ClN2O3S.Li/c1-23-10-6-7-13-26(23)28-20-25(16-17-27(28)32(37)35-30(33(38)39)18-19-40-2)22-36(21-24-11-4-3-5-12-24)31-15-9-8-14-29(31)34;/h3-17,20,30H,18-19,21-22H2,1-2H3,(H,35,37)(H,38,39);/q;+1/p-1. The van der Waals surface area contributed by atoms with Gasteiger partial charge < -0.3 is 20.1 Å². The van der Waals surface area contributed by atoms with Gasteiger partial charge in [0.15, 0.2) is 0 Å². The van der Waals surface area contributed by atoms with Gasteiger partial charge in [0.25, 0.3) is 5.91 Å². The van der Waals surface area contributed by atoms with Crippen molar-refractivity contribution in [3.8, 4) is 11.1 Å². The fourth-order valence-corrected chi connectivity index (χ4v) is 5.39. The molecule has 0 aliphatic carbocycles. The van der Waals surface area contributed by atoms with Crippen LogP contribution in [0.4, 0.5) is 5.69 Å². The number of carboxylic acid groups (broad SMARTS) is 1. The van der Waals surface area contributed by atoms with E-state index in [2.05, 4.69) is 22.3 Å². The Balaban J connectivity index is 0.00000462. The summed E-state index contributed by atoms with van der Waals surface area (Å²) in [6, 6.07) is 30.5. The van der Waals surface area contributed by atoms with Gasteiger partial charge in [-0.25, -0.2) is 0 Å². The van der Waals surface area contributed by atoms with Crippen LogP contribution in [0.2, 0.25) is 5.02 Å². The molecule has 0 saturated heterocycles. The van der Waals surface area contributed by atoms with Crippen molar-refractivity contribution in [1.29, 1.82) is 0 Å². The quantitative estimate of drug-likeness (QED) is 0.262. The summed E-state index contributed by atoms with van der Waals surface area (Å²) in [6.07, 6.45) is 2.19. The molecule has 0 aliphatic rings. The van der Waals surface area contributed by atoms with Crippen molar-refractivity contribution in [2.45, 2.75) is 32.5 Å². The number of amides is 1. The molecule has 41 heavy (non-hydrogen) atoms. The number of carbonyl (C=O) groups is 2. The molecule has 1 N–H and O–H groups in total. The van der Waals surface area contributed by atoms with Crippen molar-refractivity contribution in [2.75, 3.05) is 16.9 Å². The van der Waals surface area contributed by atoms with Gasteiger partial charge in [-0.3, -0.25) is 4.79 Å². The minimum atomic E-state index is -1.28. The molecule has 0 bridgehead atoms. The number of hydrogen-bond donors (Lipinski definition) is 1. The first kappa shape index (κ1) is 32.4. The molecule has 4 rings (SSSR count). The third-order valence-electron chi connectivity index (χ3n) is 6.75. The average molecular weight is 579 g/mol. The first-order valence-electron chi connectivity index (χ1n) is 13.1. The molecule has 0 saturated carbocycles. The smallest absolute Gasteiger partial charge is 0.548 e. The van der Waals surface area contributed by atoms with Crippen LogP contribution in [0.3, 0.4) is 0 Å². The Bertz CT molecular complexity index is 1470. The number of rotatable bonds is 12. The van der Waals surface area contributed by atoms with E-state index in [0.29, 0.717) is 35.8 Å². The van der Waals surface area contributed by atoms with Crippen molar-refractivity contribution in [3.63, 3.8) is 0 Å². The third kappa shape index (κ3) is 8.67. The van der Waals surface area contributed by atoms with Gasteiger partial charge in [-0.05, 0) is 77.4 Å². The van der Waals surface area contributed by atoms with Gasteiger partial charge in [-0.15, -0.1) is 0 Å². The number of nitrogens with one attached hydrogen (secondary N) is 1. The maximum atomic E-state index is 13.4. The molecule has 0 spiro atoms. The van der Waals surface area contributed by atoms with Gasteiger partial charge in [-0.2, -0.15) is 11.8 Å². The van der Waals surface area contributed by atoms with Crippen LogP contribution < -0.4 is 34.2 Å². The van der Waals surface area contributed by atoms with E-state index in [1.807, 2.05) is 92.0 Å². The van der Waals surface area contributed by atoms with Gasteiger partial charge >= 0.3 is 18.9 Å². The second-order valence-corrected chi connectivity index (χ2v) is 11.0. The largest absolute Gasteiger partial charge is 1.00 e. The molecule has 0 heterocycles. The monoisotopic (exact) mass is 578 g/mol. The summed E-state index contributed by atoms with van der Waals surface area (Å²) < 4.78 is 0. The number of aliphatic carboxylic acids is 1. The van der Waals surface area contributed by atoms with E-state index in [9.17, 15) is 14.7 Å². The van der Waals surface area contributed by atoms with E-state index in [4.69, 9.17) is 11.6 Å². The fourth-order valence-electron chi connectivity index (χ4n) is 4.66. The Hall–Kier alpha value is -3.14. The molecule has 1 unspecified atom stereocenters. The molecular weight excluding hydrogens is 547 g/mol. The zero-order chi connectivity index (χ0) is 28.5. The maximum absolute atomic E-state index is 13.4. The molecule has 5 nitrogen and oxygen atoms in total. The minimum Gasteiger partial charge on any atom is -0.548 e. The number of thioether (sulfide) groups is 1. The SMILES string of the molecule is CSCCC(NC(=O)c1ccc(CN(Cc2ccccc2)c2ccccc2Cl)cc1-c1ccccc1C)C(=O)[O-].[Li+]. The average Bonchev–Trinajstić information content (AvgIpc) is 2.95. The first-order chi connectivity index (χ1) is 19.4. The molecule has 0 radical (unpaired) electrons. The molecule has 206 valence electrons. The Kier molecular flexibility index (Phi) is 12.4. The van der Waals surface area contributed by atoms with Crippen LogP contribution in [0.15, 0.2) is 97.1 Å². The number of para-hydroxylation sites is 1. The van der Waals surface area contributed by atoms with E-state index in [1.165, 1.54) is 11.8 Å². The van der Waals surface area contributed by atoms with Crippen LogP contribution in [0.5, 0.6) is 0 Å². The van der Waals surface area contributed by atoms with Crippen LogP contribution >= 0.6 is 23.4 Å². The van der Waals surface area contributed by atoms with E-state index in [0.717, 1.165) is 33.5 Å². The summed E-state index contributed by atoms with van der Waals surface area (Å²) >= 11 is 8.15. The first-order valence-corrected chi connectivity index (χ1v) is 14.9. The van der Waals surface area contributed by atoms with Gasteiger partial charge in [-0.1, -0.05) is 84.4 Å². The molecule has 0 aromatic heterocycles. The molecule has 4 aromatic rings. The third-order valence-corrected chi connectivity index (χ3v) is 7.71. The summed E-state index contributed by atoms with van der Waals surface area (Å²) in [7, 11) is 0. The van der Waals surface area contributed by atoms with E-state index in [-0.39, 0.29) is 18.9 Å². The number of anilines is 1. The summed E-state index contributed by atoms with van der Waals surface area (Å²) in [6.45, 7) is 3.20. The zero-order valence-electron chi connectivity index (χ0n) is 23.6. The summed E-state index contributed by atoms with van der Waals surface area (Å²) in [5, 5.41) is 15.1. The fraction of sp³-hybridized carbons (Fsp3) is 0.212. The number of halogens is 1. The molecule has 1 amide bonds. The molecule has 0 fully saturated rings. The molecule has 1 atom stereocenters. The predicted octanol–water partition coefficient (Wildman–Crippen LogP) is 3.13. The van der Waals surface area contributed by atoms with Gasteiger partial charge in [0, 0.05) is 18.7 Å². The minimum absolute atomic E-state index is 0. The normalized spacial score (nSPS) is 11.3. The van der Waals surface area contributed by atoms with Gasteiger partial charge in [0.1, 0.15) is 0 Å². The number of nitrogens with zero attached hydrogens (tertiary/aromatic N) is 1. The van der Waals surface area contributed by atoms with Gasteiger partial charge in [0.05, 0.1) is 22.7 Å². The van der Waals surface area contributed by atoms with Crippen molar-refractivity contribution >= 4 is 40.9 Å².